The van der Waals surface area contributed by atoms with E-state index in [9.17, 15) is 8.42 Å². The fourth-order valence-corrected chi connectivity index (χ4v) is 4.07. The van der Waals surface area contributed by atoms with Gasteiger partial charge in [-0.2, -0.15) is 5.10 Å². The van der Waals surface area contributed by atoms with E-state index in [0.29, 0.717) is 22.9 Å². The molecule has 0 atom stereocenters. The van der Waals surface area contributed by atoms with E-state index in [1.54, 1.807) is 35.9 Å². The van der Waals surface area contributed by atoms with Gasteiger partial charge < -0.3 is 0 Å². The number of nitrogens with one attached hydrogen (secondary N) is 1. The molecule has 136 valence electrons. The van der Waals surface area contributed by atoms with Crippen LogP contribution in [0.1, 0.15) is 22.5 Å². The lowest BCUT2D eigenvalue weighted by molar-refractivity contribution is 0.601. The van der Waals surface area contributed by atoms with E-state index in [1.165, 1.54) is 0 Å². The number of benzene rings is 2. The Hall–Kier alpha value is -2.31. The Labute approximate surface area is 158 Å². The highest BCUT2D eigenvalue weighted by Crippen LogP contribution is 2.25. The summed E-state index contributed by atoms with van der Waals surface area (Å²) in [6.45, 7) is 6.00. The Bertz CT molecular complexity index is 1040. The molecule has 0 saturated heterocycles. The molecular weight excluding hydrogens is 370 g/mol. The monoisotopic (exact) mass is 389 g/mol. The summed E-state index contributed by atoms with van der Waals surface area (Å²) in [6, 6.07) is 14.3. The Balaban J connectivity index is 1.91. The average molecular weight is 390 g/mol. The molecule has 3 aromatic rings. The van der Waals surface area contributed by atoms with E-state index in [4.69, 9.17) is 11.6 Å². The minimum atomic E-state index is -3.67. The van der Waals surface area contributed by atoms with Crippen LogP contribution < -0.4 is 4.72 Å². The van der Waals surface area contributed by atoms with Crippen LogP contribution >= 0.6 is 11.6 Å². The second-order valence-corrected chi connectivity index (χ2v) is 8.30. The maximum Gasteiger partial charge on any atom is 0.262 e. The van der Waals surface area contributed by atoms with Crippen LogP contribution in [0.4, 0.5) is 5.69 Å². The number of anilines is 1. The molecule has 1 heterocycles. The molecule has 0 fully saturated rings. The van der Waals surface area contributed by atoms with E-state index in [1.807, 2.05) is 38.1 Å². The maximum absolute atomic E-state index is 12.7. The number of nitrogens with zero attached hydrogens (tertiary/aromatic N) is 2. The molecule has 26 heavy (non-hydrogen) atoms. The molecule has 0 bridgehead atoms. The molecule has 0 aliphatic rings. The SMILES string of the molecule is Cc1ccc(S(=O)(=O)Nc2c(C)nn(Cc3ccccc3Cl)c2C)cc1. The molecule has 0 unspecified atom stereocenters. The molecule has 2 aromatic carbocycles. The Kier molecular flexibility index (Phi) is 5.07. The fraction of sp³-hybridized carbons (Fsp3) is 0.211. The van der Waals surface area contributed by atoms with Gasteiger partial charge in [-0.1, -0.05) is 47.5 Å². The standard InChI is InChI=1S/C19H20ClN3O2S/c1-13-8-10-17(11-9-13)26(24,25)22-19-14(2)21-23(15(19)3)12-16-6-4-5-7-18(16)20/h4-11,22H,12H2,1-3H3. The van der Waals surface area contributed by atoms with Crippen molar-refractivity contribution in [1.82, 2.24) is 9.78 Å². The van der Waals surface area contributed by atoms with Gasteiger partial charge in [-0.05, 0) is 44.5 Å². The zero-order valence-corrected chi connectivity index (χ0v) is 16.4. The maximum atomic E-state index is 12.7. The molecule has 1 aromatic heterocycles. The highest BCUT2D eigenvalue weighted by molar-refractivity contribution is 7.92. The van der Waals surface area contributed by atoms with E-state index < -0.39 is 10.0 Å². The molecule has 0 aliphatic carbocycles. The molecule has 7 heteroatoms. The van der Waals surface area contributed by atoms with Gasteiger partial charge in [0.05, 0.1) is 28.5 Å². The lowest BCUT2D eigenvalue weighted by atomic mass is 10.2. The van der Waals surface area contributed by atoms with E-state index in [-0.39, 0.29) is 4.90 Å². The molecule has 0 saturated carbocycles. The lowest BCUT2D eigenvalue weighted by Gasteiger charge is -2.10. The van der Waals surface area contributed by atoms with Crippen molar-refractivity contribution in [2.45, 2.75) is 32.2 Å². The third-order valence-corrected chi connectivity index (χ3v) is 5.96. The van der Waals surface area contributed by atoms with Crippen LogP contribution in [-0.2, 0) is 16.6 Å². The number of halogens is 1. The molecule has 0 radical (unpaired) electrons. The molecule has 0 spiro atoms. The molecule has 3 rings (SSSR count). The molecule has 5 nitrogen and oxygen atoms in total. The first-order chi connectivity index (χ1) is 12.3. The van der Waals surface area contributed by atoms with E-state index in [2.05, 4.69) is 9.82 Å². The zero-order valence-electron chi connectivity index (χ0n) is 14.8. The Morgan fingerprint density at radius 1 is 1.04 bits per heavy atom. The first-order valence-corrected chi connectivity index (χ1v) is 10.0. The molecular formula is C19H20ClN3O2S. The van der Waals surface area contributed by atoms with Crippen LogP contribution in [0, 0.1) is 20.8 Å². The summed E-state index contributed by atoms with van der Waals surface area (Å²) in [5.41, 5.74) is 3.78. The van der Waals surface area contributed by atoms with Gasteiger partial charge in [-0.25, -0.2) is 8.42 Å². The highest BCUT2D eigenvalue weighted by atomic mass is 35.5. The van der Waals surface area contributed by atoms with Crippen molar-refractivity contribution in [3.63, 3.8) is 0 Å². The van der Waals surface area contributed by atoms with E-state index in [0.717, 1.165) is 16.8 Å². The van der Waals surface area contributed by atoms with Crippen LogP contribution in [0.2, 0.25) is 5.02 Å². The predicted molar refractivity (Wildman–Crippen MR) is 104 cm³/mol. The van der Waals surface area contributed by atoms with Crippen LogP contribution in [0.25, 0.3) is 0 Å². The van der Waals surface area contributed by atoms with Gasteiger partial charge in [0.15, 0.2) is 0 Å². The lowest BCUT2D eigenvalue weighted by Crippen LogP contribution is -2.14. The number of aromatic nitrogens is 2. The predicted octanol–water partition coefficient (Wildman–Crippen LogP) is 4.31. The first-order valence-electron chi connectivity index (χ1n) is 8.15. The summed E-state index contributed by atoms with van der Waals surface area (Å²) in [6.07, 6.45) is 0. The van der Waals surface area contributed by atoms with Crippen LogP contribution in [0.3, 0.4) is 0 Å². The normalized spacial score (nSPS) is 11.5. The second-order valence-electron chi connectivity index (χ2n) is 6.21. The van der Waals surface area contributed by atoms with Crippen molar-refractivity contribution in [2.75, 3.05) is 4.72 Å². The van der Waals surface area contributed by atoms with Crippen molar-refractivity contribution in [1.29, 1.82) is 0 Å². The second kappa shape index (κ2) is 7.13. The van der Waals surface area contributed by atoms with Crippen molar-refractivity contribution < 1.29 is 8.42 Å². The van der Waals surface area contributed by atoms with Crippen molar-refractivity contribution >= 4 is 27.3 Å². The van der Waals surface area contributed by atoms with E-state index >= 15 is 0 Å². The van der Waals surface area contributed by atoms with Gasteiger partial charge in [0.2, 0.25) is 0 Å². The van der Waals surface area contributed by atoms with Gasteiger partial charge in [-0.15, -0.1) is 0 Å². The number of rotatable bonds is 5. The summed E-state index contributed by atoms with van der Waals surface area (Å²) >= 11 is 6.22. The topological polar surface area (TPSA) is 64.0 Å². The molecule has 0 aliphatic heterocycles. The zero-order chi connectivity index (χ0) is 18.9. The smallest absolute Gasteiger partial charge is 0.262 e. The summed E-state index contributed by atoms with van der Waals surface area (Å²) in [7, 11) is -3.67. The van der Waals surface area contributed by atoms with Crippen LogP contribution in [0.5, 0.6) is 0 Å². The average Bonchev–Trinajstić information content (AvgIpc) is 2.84. The summed E-state index contributed by atoms with van der Waals surface area (Å²) in [5.74, 6) is 0. The molecule has 1 N–H and O–H groups in total. The minimum Gasteiger partial charge on any atom is -0.276 e. The van der Waals surface area contributed by atoms with Crippen molar-refractivity contribution in [3.8, 4) is 0 Å². The number of sulfonamides is 1. The van der Waals surface area contributed by atoms with Gasteiger partial charge >= 0.3 is 0 Å². The number of hydrogen-bond donors (Lipinski definition) is 1. The van der Waals surface area contributed by atoms with Gasteiger partial charge in [0, 0.05) is 5.02 Å². The molecule has 0 amide bonds. The minimum absolute atomic E-state index is 0.223. The van der Waals surface area contributed by atoms with Crippen LogP contribution in [-0.4, -0.2) is 18.2 Å². The highest BCUT2D eigenvalue weighted by Gasteiger charge is 2.20. The summed E-state index contributed by atoms with van der Waals surface area (Å²) in [4.78, 5) is 0.223. The van der Waals surface area contributed by atoms with Gasteiger partial charge in [0.1, 0.15) is 0 Å². The van der Waals surface area contributed by atoms with Crippen LogP contribution in [0.15, 0.2) is 53.4 Å². The van der Waals surface area contributed by atoms with Crippen molar-refractivity contribution in [2.24, 2.45) is 0 Å². The summed E-state index contributed by atoms with van der Waals surface area (Å²) in [5, 5.41) is 5.12. The fourth-order valence-electron chi connectivity index (χ4n) is 2.70. The quantitative estimate of drug-likeness (QED) is 0.707. The third kappa shape index (κ3) is 3.76. The number of aryl methyl sites for hydroxylation is 2. The van der Waals surface area contributed by atoms with Gasteiger partial charge in [-0.3, -0.25) is 9.40 Å². The Morgan fingerprint density at radius 3 is 2.35 bits per heavy atom. The van der Waals surface area contributed by atoms with Gasteiger partial charge in [0.25, 0.3) is 10.0 Å². The first kappa shape index (κ1) is 18.5. The number of hydrogen-bond acceptors (Lipinski definition) is 3. The Morgan fingerprint density at radius 2 is 1.69 bits per heavy atom. The van der Waals surface area contributed by atoms with Crippen molar-refractivity contribution in [3.05, 3.63) is 76.1 Å². The largest absolute Gasteiger partial charge is 0.276 e. The third-order valence-electron chi connectivity index (χ3n) is 4.23. The summed E-state index contributed by atoms with van der Waals surface area (Å²) < 4.78 is 29.8.